The van der Waals surface area contributed by atoms with Crippen LogP contribution in [0.3, 0.4) is 0 Å². The molecule has 0 spiro atoms. The van der Waals surface area contributed by atoms with E-state index in [1.165, 1.54) is 0 Å². The molecule has 7 nitrogen and oxygen atoms in total. The number of alkyl halides is 3. The number of guanidine groups is 1. The molecule has 1 aliphatic rings. The van der Waals surface area contributed by atoms with E-state index < -0.39 is 15.5 Å². The van der Waals surface area contributed by atoms with Crippen molar-refractivity contribution < 1.29 is 21.6 Å². The summed E-state index contributed by atoms with van der Waals surface area (Å²) >= 11 is 0. The van der Waals surface area contributed by atoms with Crippen LogP contribution >= 0.6 is 0 Å². The van der Waals surface area contributed by atoms with Crippen LogP contribution in [0.5, 0.6) is 0 Å². The normalized spacial score (nSPS) is 17.9. The van der Waals surface area contributed by atoms with Gasteiger partial charge in [0.25, 0.3) is 0 Å². The Bertz CT molecular complexity index is 702. The molecule has 0 amide bonds. The first-order valence-electron chi connectivity index (χ1n) is 8.16. The van der Waals surface area contributed by atoms with Gasteiger partial charge in [-0.05, 0) is 30.9 Å². The Labute approximate surface area is 150 Å². The zero-order valence-corrected chi connectivity index (χ0v) is 15.1. The van der Waals surface area contributed by atoms with Crippen molar-refractivity contribution in [3.63, 3.8) is 0 Å². The quantitative estimate of drug-likeness (QED) is 0.578. The SMILES string of the molecule is CN=C(NCCc1cccnc1)NC1CCN(S(=O)(=O)C(F)(F)F)CC1. The molecule has 0 radical (unpaired) electrons. The highest BCUT2D eigenvalue weighted by atomic mass is 32.2. The van der Waals surface area contributed by atoms with Gasteiger partial charge in [-0.1, -0.05) is 6.07 Å². The number of aliphatic imine (C=N–C) groups is 1. The fraction of sp³-hybridized carbons (Fsp3) is 0.600. The van der Waals surface area contributed by atoms with Gasteiger partial charge in [0.05, 0.1) is 0 Å². The lowest BCUT2D eigenvalue weighted by Gasteiger charge is -2.32. The van der Waals surface area contributed by atoms with E-state index in [9.17, 15) is 21.6 Å². The molecule has 2 heterocycles. The second kappa shape index (κ2) is 8.67. The lowest BCUT2D eigenvalue weighted by molar-refractivity contribution is -0.0494. The van der Waals surface area contributed by atoms with Gasteiger partial charge in [0.1, 0.15) is 0 Å². The van der Waals surface area contributed by atoms with Crippen LogP contribution in [0.2, 0.25) is 0 Å². The van der Waals surface area contributed by atoms with E-state index in [1.54, 1.807) is 19.4 Å². The van der Waals surface area contributed by atoms with Crippen molar-refractivity contribution in [3.05, 3.63) is 30.1 Å². The summed E-state index contributed by atoms with van der Waals surface area (Å²) in [5.41, 5.74) is -4.18. The van der Waals surface area contributed by atoms with Crippen LogP contribution in [-0.2, 0) is 16.4 Å². The monoisotopic (exact) mass is 393 g/mol. The van der Waals surface area contributed by atoms with Crippen molar-refractivity contribution in [1.82, 2.24) is 19.9 Å². The lowest BCUT2D eigenvalue weighted by Crippen LogP contribution is -2.51. The number of rotatable bonds is 5. The molecule has 0 aliphatic carbocycles. The minimum Gasteiger partial charge on any atom is -0.356 e. The number of hydrogen-bond acceptors (Lipinski definition) is 4. The summed E-state index contributed by atoms with van der Waals surface area (Å²) in [5.74, 6) is 0.533. The molecule has 1 aliphatic heterocycles. The zero-order valence-electron chi connectivity index (χ0n) is 14.3. The number of nitrogens with one attached hydrogen (secondary N) is 2. The number of piperidine rings is 1. The lowest BCUT2D eigenvalue weighted by atomic mass is 10.1. The van der Waals surface area contributed by atoms with Crippen LogP contribution in [0.4, 0.5) is 13.2 Å². The first-order chi connectivity index (χ1) is 12.2. The fourth-order valence-electron chi connectivity index (χ4n) is 2.65. The van der Waals surface area contributed by atoms with E-state index in [-0.39, 0.29) is 32.0 Å². The highest BCUT2D eigenvalue weighted by molar-refractivity contribution is 7.90. The first-order valence-corrected chi connectivity index (χ1v) is 9.60. The molecule has 1 aromatic heterocycles. The Morgan fingerprint density at radius 2 is 2.08 bits per heavy atom. The largest absolute Gasteiger partial charge is 0.511 e. The predicted molar refractivity (Wildman–Crippen MR) is 92.0 cm³/mol. The van der Waals surface area contributed by atoms with Crippen LogP contribution in [0, 0.1) is 0 Å². The summed E-state index contributed by atoms with van der Waals surface area (Å²) in [7, 11) is -3.65. The molecule has 146 valence electrons. The smallest absolute Gasteiger partial charge is 0.356 e. The fourth-order valence-corrected chi connectivity index (χ4v) is 3.63. The molecule has 2 N–H and O–H groups in total. The second-order valence-electron chi connectivity index (χ2n) is 5.88. The highest BCUT2D eigenvalue weighted by Gasteiger charge is 2.50. The molecule has 11 heteroatoms. The molecule has 0 saturated carbocycles. The number of halogens is 3. The molecule has 0 atom stereocenters. The van der Waals surface area contributed by atoms with Gasteiger partial charge in [-0.3, -0.25) is 9.98 Å². The standard InChI is InChI=1S/C15H22F3N5O2S/c1-19-14(21-8-4-12-3-2-7-20-11-12)22-13-5-9-23(10-6-13)26(24,25)15(16,17)18/h2-3,7,11,13H,4-6,8-10H2,1H3,(H2,19,21,22). The topological polar surface area (TPSA) is 86.7 Å². The van der Waals surface area contributed by atoms with Crippen LogP contribution < -0.4 is 10.6 Å². The molecular formula is C15H22F3N5O2S. The summed E-state index contributed by atoms with van der Waals surface area (Å²) < 4.78 is 61.0. The maximum absolute atomic E-state index is 12.6. The van der Waals surface area contributed by atoms with E-state index in [1.807, 2.05) is 12.1 Å². The van der Waals surface area contributed by atoms with Gasteiger partial charge in [0.15, 0.2) is 5.96 Å². The van der Waals surface area contributed by atoms with Crippen molar-refractivity contribution >= 4 is 16.0 Å². The summed E-state index contributed by atoms with van der Waals surface area (Å²) in [6, 6.07) is 3.67. The minimum atomic E-state index is -5.25. The summed E-state index contributed by atoms with van der Waals surface area (Å²) in [6.45, 7) is 0.269. The molecular weight excluding hydrogens is 371 g/mol. The Morgan fingerprint density at radius 3 is 2.62 bits per heavy atom. The molecule has 2 rings (SSSR count). The summed E-state index contributed by atoms with van der Waals surface area (Å²) in [6.07, 6.45) is 4.77. The van der Waals surface area contributed by atoms with Crippen molar-refractivity contribution in [2.45, 2.75) is 30.8 Å². The molecule has 1 fully saturated rings. The van der Waals surface area contributed by atoms with Crippen LogP contribution in [0.1, 0.15) is 18.4 Å². The number of aromatic nitrogens is 1. The van der Waals surface area contributed by atoms with E-state index >= 15 is 0 Å². The second-order valence-corrected chi connectivity index (χ2v) is 7.81. The van der Waals surface area contributed by atoms with Gasteiger partial charge in [0.2, 0.25) is 0 Å². The highest BCUT2D eigenvalue weighted by Crippen LogP contribution is 2.28. The number of nitrogens with zero attached hydrogens (tertiary/aromatic N) is 3. The van der Waals surface area contributed by atoms with E-state index in [4.69, 9.17) is 0 Å². The van der Waals surface area contributed by atoms with Crippen LogP contribution in [0.25, 0.3) is 0 Å². The van der Waals surface area contributed by atoms with Crippen molar-refractivity contribution in [2.24, 2.45) is 4.99 Å². The maximum atomic E-state index is 12.6. The predicted octanol–water partition coefficient (Wildman–Crippen LogP) is 1.10. The average Bonchev–Trinajstić information content (AvgIpc) is 2.61. The van der Waals surface area contributed by atoms with Gasteiger partial charge >= 0.3 is 15.5 Å². The number of pyridine rings is 1. The van der Waals surface area contributed by atoms with Gasteiger partial charge in [-0.15, -0.1) is 0 Å². The molecule has 0 aromatic carbocycles. The van der Waals surface area contributed by atoms with E-state index in [0.29, 0.717) is 16.8 Å². The number of sulfonamides is 1. The van der Waals surface area contributed by atoms with Gasteiger partial charge in [0, 0.05) is 45.1 Å². The molecule has 0 unspecified atom stereocenters. The Morgan fingerprint density at radius 1 is 1.38 bits per heavy atom. The maximum Gasteiger partial charge on any atom is 0.511 e. The van der Waals surface area contributed by atoms with Crippen molar-refractivity contribution in [3.8, 4) is 0 Å². The van der Waals surface area contributed by atoms with Crippen LogP contribution in [0.15, 0.2) is 29.5 Å². The minimum absolute atomic E-state index is 0.140. The van der Waals surface area contributed by atoms with Gasteiger partial charge in [-0.25, -0.2) is 8.42 Å². The first kappa shape index (κ1) is 20.4. The Hall–Kier alpha value is -1.88. The number of hydrogen-bond donors (Lipinski definition) is 2. The van der Waals surface area contributed by atoms with Gasteiger partial charge in [-0.2, -0.15) is 17.5 Å². The average molecular weight is 393 g/mol. The van der Waals surface area contributed by atoms with Crippen molar-refractivity contribution in [2.75, 3.05) is 26.7 Å². The molecule has 1 aromatic rings. The third-order valence-corrected chi connectivity index (χ3v) is 5.71. The molecule has 1 saturated heterocycles. The Kier molecular flexibility index (Phi) is 6.81. The third kappa shape index (κ3) is 5.31. The van der Waals surface area contributed by atoms with Gasteiger partial charge < -0.3 is 10.6 Å². The van der Waals surface area contributed by atoms with Crippen molar-refractivity contribution in [1.29, 1.82) is 0 Å². The summed E-state index contributed by atoms with van der Waals surface area (Å²) in [5, 5.41) is 6.25. The molecule has 0 bridgehead atoms. The third-order valence-electron chi connectivity index (χ3n) is 4.08. The summed E-state index contributed by atoms with van der Waals surface area (Å²) in [4.78, 5) is 8.12. The Balaban J connectivity index is 1.78. The zero-order chi connectivity index (χ0) is 19.2. The molecule has 26 heavy (non-hydrogen) atoms. The van der Waals surface area contributed by atoms with E-state index in [0.717, 1.165) is 12.0 Å². The van der Waals surface area contributed by atoms with E-state index in [2.05, 4.69) is 20.6 Å². The van der Waals surface area contributed by atoms with Crippen LogP contribution in [-0.4, -0.2) is 61.9 Å².